The van der Waals surface area contributed by atoms with Crippen LogP contribution in [0.4, 0.5) is 5.69 Å². The molecule has 0 bridgehead atoms. The molecule has 0 fully saturated rings. The van der Waals surface area contributed by atoms with Crippen LogP contribution < -0.4 is 5.73 Å². The van der Waals surface area contributed by atoms with Gasteiger partial charge in [0.05, 0.1) is 30.4 Å². The zero-order chi connectivity index (χ0) is 19.3. The van der Waals surface area contributed by atoms with Gasteiger partial charge >= 0.3 is 0 Å². The van der Waals surface area contributed by atoms with E-state index in [4.69, 9.17) is 14.7 Å². The van der Waals surface area contributed by atoms with Gasteiger partial charge in [0.2, 0.25) is 0 Å². The minimum atomic E-state index is -3.77. The Kier molecular flexibility index (Phi) is 5.94. The van der Waals surface area contributed by atoms with Crippen LogP contribution in [0, 0.1) is 6.92 Å². The zero-order valence-electron chi connectivity index (χ0n) is 14.8. The number of anilines is 1. The topological polar surface area (TPSA) is 117 Å². The van der Waals surface area contributed by atoms with Crippen molar-refractivity contribution in [3.8, 4) is 0 Å². The molecule has 0 saturated carbocycles. The summed E-state index contributed by atoms with van der Waals surface area (Å²) in [5.41, 5.74) is 8.64. The van der Waals surface area contributed by atoms with Crippen LogP contribution >= 0.6 is 0 Å². The van der Waals surface area contributed by atoms with Crippen LogP contribution in [0.15, 0.2) is 47.4 Å². The van der Waals surface area contributed by atoms with Crippen LogP contribution in [0.25, 0.3) is 11.0 Å². The minimum Gasteiger partial charge on any atom is -0.397 e. The number of rotatable bonds is 8. The van der Waals surface area contributed by atoms with Gasteiger partial charge < -0.3 is 10.5 Å². The molecule has 0 aliphatic rings. The van der Waals surface area contributed by atoms with Gasteiger partial charge in [-0.3, -0.25) is 4.18 Å². The maximum absolute atomic E-state index is 12.0. The minimum absolute atomic E-state index is 0.0695. The van der Waals surface area contributed by atoms with E-state index in [-0.39, 0.29) is 18.1 Å². The van der Waals surface area contributed by atoms with Crippen molar-refractivity contribution < 1.29 is 17.3 Å². The number of para-hydroxylation sites is 1. The Labute approximate surface area is 157 Å². The van der Waals surface area contributed by atoms with E-state index in [9.17, 15) is 8.42 Å². The van der Waals surface area contributed by atoms with Crippen molar-refractivity contribution >= 4 is 26.8 Å². The fraction of sp³-hybridized carbons (Fsp3) is 0.278. The number of hydrogen-bond acceptors (Lipinski definition) is 8. The van der Waals surface area contributed by atoms with E-state index in [2.05, 4.69) is 15.2 Å². The van der Waals surface area contributed by atoms with E-state index in [1.807, 2.05) is 6.92 Å². The number of fused-ring (bicyclic) bond motifs is 1. The van der Waals surface area contributed by atoms with E-state index < -0.39 is 10.1 Å². The Bertz CT molecular complexity index is 1020. The monoisotopic (exact) mass is 388 g/mol. The Morgan fingerprint density at radius 3 is 2.56 bits per heavy atom. The molecule has 8 nitrogen and oxygen atoms in total. The summed E-state index contributed by atoms with van der Waals surface area (Å²) in [6, 6.07) is 11.8. The van der Waals surface area contributed by atoms with Crippen LogP contribution in [0.1, 0.15) is 11.4 Å². The highest BCUT2D eigenvalue weighted by Gasteiger charge is 2.14. The number of hydrogen-bond donors (Lipinski definition) is 1. The molecule has 1 aromatic heterocycles. The summed E-state index contributed by atoms with van der Waals surface area (Å²) in [6.07, 6.45) is 0.433. The normalized spacial score (nSPS) is 11.7. The van der Waals surface area contributed by atoms with Gasteiger partial charge in [-0.25, -0.2) is 4.98 Å². The number of nitrogens with two attached hydrogens (primary N) is 1. The van der Waals surface area contributed by atoms with E-state index in [1.165, 1.54) is 12.1 Å². The van der Waals surface area contributed by atoms with Crippen LogP contribution in [-0.2, 0) is 25.5 Å². The van der Waals surface area contributed by atoms with Crippen LogP contribution in [0.3, 0.4) is 0 Å². The second-order valence-electron chi connectivity index (χ2n) is 5.89. The quantitative estimate of drug-likeness (QED) is 0.353. The third kappa shape index (κ3) is 4.97. The first-order valence-electron chi connectivity index (χ1n) is 8.37. The highest BCUT2D eigenvalue weighted by molar-refractivity contribution is 7.86. The molecule has 0 aliphatic heterocycles. The van der Waals surface area contributed by atoms with Gasteiger partial charge in [0.25, 0.3) is 10.1 Å². The van der Waals surface area contributed by atoms with Crippen molar-refractivity contribution in [1.29, 1.82) is 0 Å². The maximum atomic E-state index is 12.0. The van der Waals surface area contributed by atoms with Crippen molar-refractivity contribution in [2.45, 2.75) is 18.2 Å². The first-order valence-corrected chi connectivity index (χ1v) is 9.78. The average Bonchev–Trinajstić information content (AvgIpc) is 2.65. The summed E-state index contributed by atoms with van der Waals surface area (Å²) < 4.78 is 34.4. The molecule has 2 N–H and O–H groups in total. The van der Waals surface area contributed by atoms with Gasteiger partial charge in [0.15, 0.2) is 5.82 Å². The molecule has 3 rings (SSSR count). The lowest BCUT2D eigenvalue weighted by Crippen LogP contribution is -2.13. The van der Waals surface area contributed by atoms with E-state index >= 15 is 0 Å². The molecule has 0 aliphatic carbocycles. The molecule has 142 valence electrons. The third-order valence-corrected chi connectivity index (χ3v) is 5.13. The van der Waals surface area contributed by atoms with Gasteiger partial charge in [-0.1, -0.05) is 23.8 Å². The maximum Gasteiger partial charge on any atom is 0.297 e. The molecule has 9 heteroatoms. The summed E-state index contributed by atoms with van der Waals surface area (Å²) in [6.45, 7) is 2.26. The molecule has 0 amide bonds. The summed E-state index contributed by atoms with van der Waals surface area (Å²) in [5, 5.41) is 8.11. The van der Waals surface area contributed by atoms with E-state index in [1.54, 1.807) is 30.3 Å². The molecule has 27 heavy (non-hydrogen) atoms. The molecule has 0 spiro atoms. The predicted molar refractivity (Wildman–Crippen MR) is 101 cm³/mol. The Morgan fingerprint density at radius 2 is 1.78 bits per heavy atom. The first-order chi connectivity index (χ1) is 13.0. The summed E-state index contributed by atoms with van der Waals surface area (Å²) in [7, 11) is -3.77. The van der Waals surface area contributed by atoms with Crippen LogP contribution in [-0.4, -0.2) is 43.4 Å². The average molecular weight is 388 g/mol. The Balaban J connectivity index is 1.44. The number of nitrogens with zero attached hydrogens (tertiary/aromatic N) is 3. The van der Waals surface area contributed by atoms with Gasteiger partial charge in [-0.15, -0.1) is 10.2 Å². The second kappa shape index (κ2) is 8.38. The van der Waals surface area contributed by atoms with Crippen molar-refractivity contribution in [3.05, 3.63) is 53.9 Å². The number of aromatic nitrogens is 3. The van der Waals surface area contributed by atoms with Gasteiger partial charge in [0, 0.05) is 6.42 Å². The number of aryl methyl sites for hydroxylation is 1. The SMILES string of the molecule is Cc1ccc(S(=O)(=O)OCCOCCc2nnc3cccc(N)c3n2)cc1. The second-order valence-corrected chi connectivity index (χ2v) is 7.51. The summed E-state index contributed by atoms with van der Waals surface area (Å²) >= 11 is 0. The lowest BCUT2D eigenvalue weighted by Gasteiger charge is -2.07. The zero-order valence-corrected chi connectivity index (χ0v) is 15.6. The molecule has 1 heterocycles. The molecule has 0 atom stereocenters. The first kappa shape index (κ1) is 19.2. The van der Waals surface area contributed by atoms with Crippen LogP contribution in [0.2, 0.25) is 0 Å². The highest BCUT2D eigenvalue weighted by Crippen LogP contribution is 2.15. The molecule has 3 aromatic rings. The molecular weight excluding hydrogens is 368 g/mol. The number of benzene rings is 2. The van der Waals surface area contributed by atoms with Crippen molar-refractivity contribution in [2.24, 2.45) is 0 Å². The third-order valence-electron chi connectivity index (χ3n) is 3.81. The van der Waals surface area contributed by atoms with Gasteiger partial charge in [-0.2, -0.15) is 8.42 Å². The highest BCUT2D eigenvalue weighted by atomic mass is 32.2. The molecule has 0 saturated heterocycles. The Morgan fingerprint density at radius 1 is 1.00 bits per heavy atom. The largest absolute Gasteiger partial charge is 0.397 e. The smallest absolute Gasteiger partial charge is 0.297 e. The standard InChI is InChI=1S/C18H20N4O4S/c1-13-5-7-14(8-6-13)27(23,24)26-12-11-25-10-9-17-20-18-15(19)3-2-4-16(18)21-22-17/h2-8H,9-12,19H2,1H3. The van der Waals surface area contributed by atoms with Crippen LogP contribution in [0.5, 0.6) is 0 Å². The molecule has 0 unspecified atom stereocenters. The summed E-state index contributed by atoms with van der Waals surface area (Å²) in [4.78, 5) is 4.50. The fourth-order valence-electron chi connectivity index (χ4n) is 2.36. The molecule has 2 aromatic carbocycles. The Hall–Kier alpha value is -2.62. The van der Waals surface area contributed by atoms with Gasteiger partial charge in [0.1, 0.15) is 11.0 Å². The van der Waals surface area contributed by atoms with Gasteiger partial charge in [-0.05, 0) is 31.2 Å². The fourth-order valence-corrected chi connectivity index (χ4v) is 3.25. The van der Waals surface area contributed by atoms with Crippen molar-refractivity contribution in [1.82, 2.24) is 15.2 Å². The molecule has 0 radical (unpaired) electrons. The lowest BCUT2D eigenvalue weighted by atomic mass is 10.2. The van der Waals surface area contributed by atoms with E-state index in [0.717, 1.165) is 5.56 Å². The van der Waals surface area contributed by atoms with E-state index in [0.29, 0.717) is 35.6 Å². The summed E-state index contributed by atoms with van der Waals surface area (Å²) in [5.74, 6) is 0.508. The van der Waals surface area contributed by atoms with Crippen molar-refractivity contribution in [3.63, 3.8) is 0 Å². The van der Waals surface area contributed by atoms with Crippen molar-refractivity contribution in [2.75, 3.05) is 25.6 Å². The lowest BCUT2D eigenvalue weighted by molar-refractivity contribution is 0.103. The predicted octanol–water partition coefficient (Wildman–Crippen LogP) is 1.88. The number of ether oxygens (including phenoxy) is 1. The number of nitrogen functional groups attached to an aromatic ring is 1. The molecular formula is C18H20N4O4S.